The molecule has 0 bridgehead atoms. The van der Waals surface area contributed by atoms with E-state index < -0.39 is 0 Å². The molecule has 1 saturated heterocycles. The topological polar surface area (TPSA) is 61.4 Å². The molecular formula is C19H21N5OS. The molecule has 134 valence electrons. The van der Waals surface area contributed by atoms with Crippen molar-refractivity contribution in [3.63, 3.8) is 0 Å². The van der Waals surface area contributed by atoms with Crippen molar-refractivity contribution < 1.29 is 4.79 Å². The number of hydrogen-bond acceptors (Lipinski definition) is 6. The Morgan fingerprint density at radius 2 is 1.88 bits per heavy atom. The number of amides is 1. The third-order valence-electron chi connectivity index (χ3n) is 4.61. The summed E-state index contributed by atoms with van der Waals surface area (Å²) in [6.45, 7) is 6.12. The van der Waals surface area contributed by atoms with Gasteiger partial charge in [0.1, 0.15) is 11.6 Å². The summed E-state index contributed by atoms with van der Waals surface area (Å²) in [7, 11) is 0. The second-order valence-corrected chi connectivity index (χ2v) is 7.05. The fourth-order valence-electron chi connectivity index (χ4n) is 3.22. The number of pyridine rings is 1. The molecule has 2 aromatic heterocycles. The molecule has 1 fully saturated rings. The number of carbonyl (C=O) groups excluding carboxylic acids is 1. The van der Waals surface area contributed by atoms with Gasteiger partial charge >= 0.3 is 0 Å². The van der Waals surface area contributed by atoms with Gasteiger partial charge in [0.2, 0.25) is 0 Å². The largest absolute Gasteiger partial charge is 0.353 e. The first-order chi connectivity index (χ1) is 12.8. The van der Waals surface area contributed by atoms with E-state index in [2.05, 4.69) is 48.7 Å². The molecule has 0 radical (unpaired) electrons. The molecule has 1 N–H and O–H groups in total. The van der Waals surface area contributed by atoms with Crippen molar-refractivity contribution in [2.24, 2.45) is 0 Å². The van der Waals surface area contributed by atoms with Gasteiger partial charge in [0.05, 0.1) is 10.3 Å². The fourth-order valence-corrected chi connectivity index (χ4v) is 4.01. The van der Waals surface area contributed by atoms with Gasteiger partial charge in [0, 0.05) is 44.3 Å². The molecule has 26 heavy (non-hydrogen) atoms. The molecule has 1 aromatic carbocycles. The summed E-state index contributed by atoms with van der Waals surface area (Å²) >= 11 is 1.56. The fraction of sp³-hybridized carbons (Fsp3) is 0.316. The molecule has 0 unspecified atom stereocenters. The van der Waals surface area contributed by atoms with Crippen LogP contribution in [0.25, 0.3) is 10.1 Å². The molecule has 0 atom stereocenters. The van der Waals surface area contributed by atoms with Gasteiger partial charge < -0.3 is 15.1 Å². The number of aromatic nitrogens is 2. The number of hydrogen-bond donors (Lipinski definition) is 1. The summed E-state index contributed by atoms with van der Waals surface area (Å²) in [6.07, 6.45) is 1.65. The van der Waals surface area contributed by atoms with Crippen molar-refractivity contribution in [3.8, 4) is 0 Å². The van der Waals surface area contributed by atoms with Gasteiger partial charge in [-0.15, -0.1) is 0 Å². The van der Waals surface area contributed by atoms with Crippen LogP contribution in [0.5, 0.6) is 0 Å². The zero-order valence-electron chi connectivity index (χ0n) is 14.7. The number of anilines is 2. The quantitative estimate of drug-likeness (QED) is 0.768. The summed E-state index contributed by atoms with van der Waals surface area (Å²) in [4.78, 5) is 20.9. The molecule has 3 heterocycles. The zero-order valence-corrected chi connectivity index (χ0v) is 15.5. The Balaban J connectivity index is 1.43. The first-order valence-electron chi connectivity index (χ1n) is 8.85. The van der Waals surface area contributed by atoms with Crippen LogP contribution in [0, 0.1) is 0 Å². The Bertz CT molecular complexity index is 900. The number of nitrogens with zero attached hydrogens (tertiary/aromatic N) is 4. The second-order valence-electron chi connectivity index (χ2n) is 6.24. The van der Waals surface area contributed by atoms with Gasteiger partial charge in [0.25, 0.3) is 5.91 Å². The average Bonchev–Trinajstić information content (AvgIpc) is 3.13. The average molecular weight is 367 g/mol. The minimum absolute atomic E-state index is 0.0771. The molecule has 1 aliphatic heterocycles. The van der Waals surface area contributed by atoms with Crippen molar-refractivity contribution in [2.45, 2.75) is 6.92 Å². The number of nitrogens with one attached hydrogen (secondary N) is 1. The zero-order chi connectivity index (χ0) is 17.9. The normalized spacial score (nSPS) is 14.7. The SMILES string of the molecule is CCNC(=O)c1ccc(N2CCN(c3nsc4ccccc34)CC2)nc1. The maximum absolute atomic E-state index is 11.8. The lowest BCUT2D eigenvalue weighted by Gasteiger charge is -2.35. The van der Waals surface area contributed by atoms with Crippen molar-refractivity contribution >= 4 is 39.2 Å². The van der Waals surface area contributed by atoms with Crippen LogP contribution >= 0.6 is 11.5 Å². The molecule has 4 rings (SSSR count). The van der Waals surface area contributed by atoms with Crippen LogP contribution in [0.15, 0.2) is 42.6 Å². The van der Waals surface area contributed by atoms with E-state index in [0.29, 0.717) is 12.1 Å². The van der Waals surface area contributed by atoms with Crippen LogP contribution in [0.2, 0.25) is 0 Å². The highest BCUT2D eigenvalue weighted by Crippen LogP contribution is 2.30. The Morgan fingerprint density at radius 3 is 2.62 bits per heavy atom. The van der Waals surface area contributed by atoms with Gasteiger partial charge in [-0.2, -0.15) is 4.37 Å². The molecule has 0 saturated carbocycles. The summed E-state index contributed by atoms with van der Waals surface area (Å²) in [5.41, 5.74) is 0.600. The minimum Gasteiger partial charge on any atom is -0.353 e. The third-order valence-corrected chi connectivity index (χ3v) is 5.43. The van der Waals surface area contributed by atoms with Gasteiger partial charge in [-0.3, -0.25) is 4.79 Å². The minimum atomic E-state index is -0.0771. The second kappa shape index (κ2) is 7.29. The van der Waals surface area contributed by atoms with E-state index in [1.165, 1.54) is 10.1 Å². The van der Waals surface area contributed by atoms with Crippen LogP contribution in [0.4, 0.5) is 11.6 Å². The van der Waals surface area contributed by atoms with Crippen LogP contribution in [0.1, 0.15) is 17.3 Å². The Hall–Kier alpha value is -2.67. The Kier molecular flexibility index (Phi) is 4.71. The van der Waals surface area contributed by atoms with E-state index in [-0.39, 0.29) is 5.91 Å². The standard InChI is InChI=1S/C19H21N5OS/c1-2-20-19(25)14-7-8-17(21-13-14)23-9-11-24(12-10-23)18-15-5-3-4-6-16(15)26-22-18/h3-8,13H,2,9-12H2,1H3,(H,20,25). The number of fused-ring (bicyclic) bond motifs is 1. The highest BCUT2D eigenvalue weighted by molar-refractivity contribution is 7.13. The molecular weight excluding hydrogens is 346 g/mol. The predicted molar refractivity (Wildman–Crippen MR) is 106 cm³/mol. The van der Waals surface area contributed by atoms with E-state index in [9.17, 15) is 4.79 Å². The van der Waals surface area contributed by atoms with Gasteiger partial charge in [-0.05, 0) is 42.7 Å². The molecule has 1 amide bonds. The lowest BCUT2D eigenvalue weighted by molar-refractivity contribution is 0.0955. The van der Waals surface area contributed by atoms with Gasteiger partial charge in [-0.25, -0.2) is 4.98 Å². The highest BCUT2D eigenvalue weighted by Gasteiger charge is 2.21. The number of piperazine rings is 1. The van der Waals surface area contributed by atoms with Gasteiger partial charge in [0.15, 0.2) is 0 Å². The Labute approximate surface area is 156 Å². The molecule has 7 heteroatoms. The van der Waals surface area contributed by atoms with Crippen molar-refractivity contribution in [2.75, 3.05) is 42.5 Å². The van der Waals surface area contributed by atoms with Crippen LogP contribution in [-0.2, 0) is 0 Å². The number of benzene rings is 1. The van der Waals surface area contributed by atoms with Crippen LogP contribution in [0.3, 0.4) is 0 Å². The number of carbonyl (C=O) groups is 1. The van der Waals surface area contributed by atoms with Crippen LogP contribution < -0.4 is 15.1 Å². The maximum Gasteiger partial charge on any atom is 0.252 e. The predicted octanol–water partition coefficient (Wildman–Crippen LogP) is 2.77. The number of rotatable bonds is 4. The van der Waals surface area contributed by atoms with E-state index in [1.807, 2.05) is 19.1 Å². The summed E-state index contributed by atoms with van der Waals surface area (Å²) < 4.78 is 5.88. The molecule has 6 nitrogen and oxygen atoms in total. The van der Waals surface area contributed by atoms with E-state index in [4.69, 9.17) is 0 Å². The molecule has 1 aliphatic rings. The summed E-state index contributed by atoms with van der Waals surface area (Å²) in [6, 6.07) is 12.1. The molecule has 0 aliphatic carbocycles. The maximum atomic E-state index is 11.8. The smallest absolute Gasteiger partial charge is 0.252 e. The molecule has 0 spiro atoms. The van der Waals surface area contributed by atoms with Gasteiger partial charge in [-0.1, -0.05) is 12.1 Å². The van der Waals surface area contributed by atoms with E-state index in [1.54, 1.807) is 17.7 Å². The monoisotopic (exact) mass is 367 g/mol. The Morgan fingerprint density at radius 1 is 1.12 bits per heavy atom. The van der Waals surface area contributed by atoms with Crippen molar-refractivity contribution in [1.82, 2.24) is 14.7 Å². The van der Waals surface area contributed by atoms with Crippen molar-refractivity contribution in [1.29, 1.82) is 0 Å². The lowest BCUT2D eigenvalue weighted by atomic mass is 10.2. The first kappa shape index (κ1) is 16.8. The third kappa shape index (κ3) is 3.22. The molecule has 3 aromatic rings. The van der Waals surface area contributed by atoms with Crippen LogP contribution in [-0.4, -0.2) is 48.0 Å². The van der Waals surface area contributed by atoms with Crippen molar-refractivity contribution in [3.05, 3.63) is 48.2 Å². The summed E-state index contributed by atoms with van der Waals surface area (Å²) in [5.74, 6) is 1.93. The van der Waals surface area contributed by atoms with E-state index in [0.717, 1.165) is 37.8 Å². The van der Waals surface area contributed by atoms with E-state index >= 15 is 0 Å². The lowest BCUT2D eigenvalue weighted by Crippen LogP contribution is -2.47. The summed E-state index contributed by atoms with van der Waals surface area (Å²) in [5, 5.41) is 4.02. The first-order valence-corrected chi connectivity index (χ1v) is 9.62. The highest BCUT2D eigenvalue weighted by atomic mass is 32.1.